The van der Waals surface area contributed by atoms with Crippen LogP contribution in [-0.4, -0.2) is 27.2 Å². The van der Waals surface area contributed by atoms with E-state index in [9.17, 15) is 9.18 Å². The quantitative estimate of drug-likeness (QED) is 0.419. The highest BCUT2D eigenvalue weighted by Gasteiger charge is 2.26. The number of carboxylic acids is 1. The molecule has 4 aromatic rings. The molecule has 2 heterocycles. The predicted octanol–water partition coefficient (Wildman–Crippen LogP) is 5.34. The summed E-state index contributed by atoms with van der Waals surface area (Å²) < 4.78 is 21.6. The maximum atomic E-state index is 13.9. The lowest BCUT2D eigenvalue weighted by atomic mass is 9.98. The standard InChI is InChI=1S/C26H24FN3O3/c1-15-17(13-28-20-7-8-21-18(10-26(31)32)14-33-25(21)12-20)4-3-5-23(15)30-16(2)29-22-9-6-19(27)11-24(22)30/h3-9,11-12,18,28H,10,13-14H2,1-2H3,(H,31,32). The third-order valence-electron chi connectivity index (χ3n) is 6.24. The van der Waals surface area contributed by atoms with Crippen molar-refractivity contribution in [1.82, 2.24) is 9.55 Å². The molecule has 0 radical (unpaired) electrons. The molecule has 1 atom stereocenters. The van der Waals surface area contributed by atoms with Crippen LogP contribution < -0.4 is 10.1 Å². The molecule has 1 aromatic heterocycles. The van der Waals surface area contributed by atoms with Gasteiger partial charge in [0.15, 0.2) is 0 Å². The molecule has 7 heteroatoms. The van der Waals surface area contributed by atoms with Crippen LogP contribution in [0.25, 0.3) is 16.7 Å². The highest BCUT2D eigenvalue weighted by molar-refractivity contribution is 5.79. The third kappa shape index (κ3) is 3.91. The van der Waals surface area contributed by atoms with Crippen molar-refractivity contribution in [2.75, 3.05) is 11.9 Å². The first-order valence-corrected chi connectivity index (χ1v) is 10.9. The summed E-state index contributed by atoms with van der Waals surface area (Å²) >= 11 is 0. The number of ether oxygens (including phenoxy) is 1. The van der Waals surface area contributed by atoms with E-state index in [1.807, 2.05) is 41.8 Å². The highest BCUT2D eigenvalue weighted by atomic mass is 19.1. The van der Waals surface area contributed by atoms with Crippen LogP contribution in [0.5, 0.6) is 5.75 Å². The Morgan fingerprint density at radius 1 is 1.21 bits per heavy atom. The fraction of sp³-hybridized carbons (Fsp3) is 0.231. The van der Waals surface area contributed by atoms with E-state index >= 15 is 0 Å². The lowest BCUT2D eigenvalue weighted by Crippen LogP contribution is -2.07. The number of imidazole rings is 1. The summed E-state index contributed by atoms with van der Waals surface area (Å²) in [4.78, 5) is 15.6. The predicted molar refractivity (Wildman–Crippen MR) is 125 cm³/mol. The molecule has 0 aliphatic carbocycles. The van der Waals surface area contributed by atoms with E-state index in [-0.39, 0.29) is 18.2 Å². The normalized spacial score (nSPS) is 14.8. The minimum absolute atomic E-state index is 0.0675. The molecule has 0 spiro atoms. The van der Waals surface area contributed by atoms with Gasteiger partial charge in [-0.2, -0.15) is 0 Å². The number of nitrogens with one attached hydrogen (secondary N) is 1. The van der Waals surface area contributed by atoms with Crippen molar-refractivity contribution >= 4 is 22.7 Å². The van der Waals surface area contributed by atoms with Gasteiger partial charge in [-0.15, -0.1) is 0 Å². The van der Waals surface area contributed by atoms with Crippen LogP contribution in [0.15, 0.2) is 54.6 Å². The van der Waals surface area contributed by atoms with E-state index in [0.717, 1.165) is 50.7 Å². The van der Waals surface area contributed by atoms with Crippen molar-refractivity contribution in [1.29, 1.82) is 0 Å². The second kappa shape index (κ2) is 8.24. The number of anilines is 1. The molecule has 1 unspecified atom stereocenters. The Morgan fingerprint density at radius 3 is 2.88 bits per heavy atom. The number of hydrogen-bond donors (Lipinski definition) is 2. The minimum Gasteiger partial charge on any atom is -0.493 e. The molecule has 0 bridgehead atoms. The summed E-state index contributed by atoms with van der Waals surface area (Å²) in [6, 6.07) is 16.5. The number of carboxylic acid groups (broad SMARTS) is 1. The molecular weight excluding hydrogens is 421 g/mol. The van der Waals surface area contributed by atoms with Crippen LogP contribution in [0, 0.1) is 19.7 Å². The lowest BCUT2D eigenvalue weighted by Gasteiger charge is -2.16. The van der Waals surface area contributed by atoms with Crippen molar-refractivity contribution in [3.05, 3.63) is 82.9 Å². The Morgan fingerprint density at radius 2 is 2.06 bits per heavy atom. The number of carbonyl (C=O) groups is 1. The first kappa shape index (κ1) is 21.0. The number of hydrogen-bond acceptors (Lipinski definition) is 4. The van der Waals surface area contributed by atoms with Gasteiger partial charge in [0.05, 0.1) is 29.7 Å². The molecular formula is C26H24FN3O3. The number of nitrogens with zero attached hydrogens (tertiary/aromatic N) is 2. The zero-order valence-electron chi connectivity index (χ0n) is 18.4. The Hall–Kier alpha value is -3.87. The van der Waals surface area contributed by atoms with Crippen LogP contribution in [0.2, 0.25) is 0 Å². The average molecular weight is 445 g/mol. The molecule has 0 saturated heterocycles. The highest BCUT2D eigenvalue weighted by Crippen LogP contribution is 2.38. The minimum atomic E-state index is -0.822. The zero-order valence-corrected chi connectivity index (χ0v) is 18.4. The molecule has 3 aromatic carbocycles. The SMILES string of the molecule is Cc1c(CNc2ccc3c(c2)OCC3CC(=O)O)cccc1-n1c(C)nc2ccc(F)cc21. The van der Waals surface area contributed by atoms with Gasteiger partial charge in [-0.05, 0) is 49.2 Å². The van der Waals surface area contributed by atoms with E-state index in [1.165, 1.54) is 12.1 Å². The molecule has 5 rings (SSSR count). The van der Waals surface area contributed by atoms with Gasteiger partial charge in [0.2, 0.25) is 0 Å². The van der Waals surface area contributed by atoms with Crippen molar-refractivity contribution < 1.29 is 19.0 Å². The molecule has 0 fully saturated rings. The molecule has 6 nitrogen and oxygen atoms in total. The van der Waals surface area contributed by atoms with Crippen LogP contribution in [0.3, 0.4) is 0 Å². The summed E-state index contributed by atoms with van der Waals surface area (Å²) in [5.41, 5.74) is 6.50. The van der Waals surface area contributed by atoms with E-state index in [4.69, 9.17) is 9.84 Å². The lowest BCUT2D eigenvalue weighted by molar-refractivity contribution is -0.137. The van der Waals surface area contributed by atoms with Gasteiger partial charge in [0.1, 0.15) is 17.4 Å². The molecule has 0 saturated carbocycles. The fourth-order valence-corrected chi connectivity index (χ4v) is 4.54. The van der Waals surface area contributed by atoms with Crippen molar-refractivity contribution in [2.24, 2.45) is 0 Å². The topological polar surface area (TPSA) is 76.4 Å². The molecule has 1 aliphatic heterocycles. The molecule has 1 aliphatic rings. The van der Waals surface area contributed by atoms with E-state index < -0.39 is 5.97 Å². The number of aromatic nitrogens is 2. The summed E-state index contributed by atoms with van der Waals surface area (Å²) in [7, 11) is 0. The number of rotatable bonds is 6. The van der Waals surface area contributed by atoms with E-state index in [2.05, 4.69) is 23.3 Å². The average Bonchev–Trinajstić information content (AvgIpc) is 3.32. The van der Waals surface area contributed by atoms with Gasteiger partial charge in [0.25, 0.3) is 0 Å². The Balaban J connectivity index is 1.40. The maximum Gasteiger partial charge on any atom is 0.304 e. The second-order valence-electron chi connectivity index (χ2n) is 8.40. The Bertz CT molecular complexity index is 1380. The first-order chi connectivity index (χ1) is 15.9. The zero-order chi connectivity index (χ0) is 23.1. The third-order valence-corrected chi connectivity index (χ3v) is 6.24. The van der Waals surface area contributed by atoms with Crippen LogP contribution >= 0.6 is 0 Å². The summed E-state index contributed by atoms with van der Waals surface area (Å²) in [6.45, 7) is 4.96. The van der Waals surface area contributed by atoms with Gasteiger partial charge < -0.3 is 15.2 Å². The first-order valence-electron chi connectivity index (χ1n) is 10.9. The number of fused-ring (bicyclic) bond motifs is 2. The summed E-state index contributed by atoms with van der Waals surface area (Å²) in [6.07, 6.45) is 0.0675. The maximum absolute atomic E-state index is 13.9. The summed E-state index contributed by atoms with van der Waals surface area (Å²) in [5, 5.41) is 12.5. The van der Waals surface area contributed by atoms with Gasteiger partial charge in [0, 0.05) is 35.8 Å². The number of halogens is 1. The van der Waals surface area contributed by atoms with E-state index in [0.29, 0.717) is 13.2 Å². The number of benzene rings is 3. The monoisotopic (exact) mass is 445 g/mol. The molecule has 0 amide bonds. The summed E-state index contributed by atoms with van der Waals surface area (Å²) in [5.74, 6) is 0.319. The van der Waals surface area contributed by atoms with Crippen molar-refractivity contribution in [3.8, 4) is 11.4 Å². The van der Waals surface area contributed by atoms with Gasteiger partial charge in [-0.3, -0.25) is 9.36 Å². The molecule has 33 heavy (non-hydrogen) atoms. The van der Waals surface area contributed by atoms with Crippen LogP contribution in [0.4, 0.5) is 10.1 Å². The van der Waals surface area contributed by atoms with Crippen LogP contribution in [-0.2, 0) is 11.3 Å². The molecule has 2 N–H and O–H groups in total. The fourth-order valence-electron chi connectivity index (χ4n) is 4.54. The van der Waals surface area contributed by atoms with Gasteiger partial charge in [-0.25, -0.2) is 9.37 Å². The van der Waals surface area contributed by atoms with Gasteiger partial charge >= 0.3 is 5.97 Å². The second-order valence-corrected chi connectivity index (χ2v) is 8.40. The van der Waals surface area contributed by atoms with E-state index in [1.54, 1.807) is 6.07 Å². The van der Waals surface area contributed by atoms with Gasteiger partial charge in [-0.1, -0.05) is 18.2 Å². The smallest absolute Gasteiger partial charge is 0.304 e. The Kier molecular flexibility index (Phi) is 5.24. The van der Waals surface area contributed by atoms with Crippen molar-refractivity contribution in [2.45, 2.75) is 32.7 Å². The Labute approximate surface area is 190 Å². The number of aryl methyl sites for hydroxylation is 1. The van der Waals surface area contributed by atoms with Crippen molar-refractivity contribution in [3.63, 3.8) is 0 Å². The largest absolute Gasteiger partial charge is 0.493 e. The van der Waals surface area contributed by atoms with Crippen LogP contribution in [0.1, 0.15) is 34.9 Å². The molecule has 168 valence electrons. The number of aliphatic carboxylic acids is 1.